The van der Waals surface area contributed by atoms with Crippen LogP contribution in [0.5, 0.6) is 0 Å². The van der Waals surface area contributed by atoms with Gasteiger partial charge in [-0.3, -0.25) is 0 Å². The quantitative estimate of drug-likeness (QED) is 0.627. The van der Waals surface area contributed by atoms with Gasteiger partial charge in [0, 0.05) is 30.1 Å². The molecule has 1 fully saturated rings. The predicted molar refractivity (Wildman–Crippen MR) is 106 cm³/mol. The molecule has 10 heteroatoms. The average Bonchev–Trinajstić information content (AvgIpc) is 2.72. The molecule has 5 N–H and O–H groups in total. The van der Waals surface area contributed by atoms with Gasteiger partial charge in [0.05, 0.1) is 17.3 Å². The van der Waals surface area contributed by atoms with Gasteiger partial charge in [0.1, 0.15) is 10.8 Å². The lowest BCUT2D eigenvalue weighted by molar-refractivity contribution is 0.00442. The number of piperidine rings is 1. The maximum atomic E-state index is 14.9. The Hall–Kier alpha value is -2.93. The van der Waals surface area contributed by atoms with E-state index in [2.05, 4.69) is 5.32 Å². The lowest BCUT2D eigenvalue weighted by Gasteiger charge is -2.35. The Kier molecular flexibility index (Phi) is 7.34. The van der Waals surface area contributed by atoms with Crippen molar-refractivity contribution in [3.05, 3.63) is 53.5 Å². The largest absolute Gasteiger partial charge is 0.405 e. The monoisotopic (exact) mass is 423 g/mol. The first-order valence-corrected chi connectivity index (χ1v) is 10.1. The summed E-state index contributed by atoms with van der Waals surface area (Å²) < 4.78 is 42.4. The topological polar surface area (TPSA) is 125 Å². The molecule has 1 heterocycles. The SMILES string of the molecule is Cc1cc(C#N)ccc1S(=O)C(F)(F)C1CCN(C(=O)NC(/C=C\N)=C/N)CC1. The van der Waals surface area contributed by atoms with Crippen LogP contribution in [0.4, 0.5) is 13.6 Å². The van der Waals surface area contributed by atoms with Crippen molar-refractivity contribution in [1.82, 2.24) is 10.2 Å². The maximum absolute atomic E-state index is 14.9. The zero-order valence-electron chi connectivity index (χ0n) is 15.9. The zero-order chi connectivity index (χ0) is 21.6. The average molecular weight is 423 g/mol. The fourth-order valence-electron chi connectivity index (χ4n) is 3.09. The van der Waals surface area contributed by atoms with Gasteiger partial charge in [-0.25, -0.2) is 9.00 Å². The number of allylic oxidation sites excluding steroid dienone is 1. The van der Waals surface area contributed by atoms with E-state index < -0.39 is 28.0 Å². The minimum atomic E-state index is -3.45. The Morgan fingerprint density at radius 1 is 1.38 bits per heavy atom. The number of nitrogens with one attached hydrogen (secondary N) is 1. The highest BCUT2D eigenvalue weighted by Crippen LogP contribution is 2.39. The van der Waals surface area contributed by atoms with Crippen molar-refractivity contribution in [2.75, 3.05) is 13.1 Å². The molecule has 7 nitrogen and oxygen atoms in total. The summed E-state index contributed by atoms with van der Waals surface area (Å²) in [5.41, 5.74) is 11.6. The molecule has 1 aliphatic heterocycles. The molecule has 1 atom stereocenters. The molecule has 0 aromatic heterocycles. The third-order valence-electron chi connectivity index (χ3n) is 4.72. The number of carbonyl (C=O) groups excluding carboxylic acids is 1. The number of urea groups is 1. The Balaban J connectivity index is 2.05. The number of likely N-dealkylation sites (tertiary alicyclic amines) is 1. The molecule has 1 saturated heterocycles. The number of nitrogens with zero attached hydrogens (tertiary/aromatic N) is 2. The number of carbonyl (C=O) groups is 1. The van der Waals surface area contributed by atoms with E-state index in [0.29, 0.717) is 16.8 Å². The summed E-state index contributed by atoms with van der Waals surface area (Å²) >= 11 is 0. The second-order valence-electron chi connectivity index (χ2n) is 6.60. The number of alkyl halides is 2. The molecule has 1 aromatic carbocycles. The van der Waals surface area contributed by atoms with Crippen molar-refractivity contribution in [1.29, 1.82) is 5.26 Å². The van der Waals surface area contributed by atoms with Gasteiger partial charge in [0.15, 0.2) is 0 Å². The van der Waals surface area contributed by atoms with E-state index in [-0.39, 0.29) is 30.8 Å². The summed E-state index contributed by atoms with van der Waals surface area (Å²) in [5, 5.41) is 7.98. The lowest BCUT2D eigenvalue weighted by Crippen LogP contribution is -2.47. The first kappa shape index (κ1) is 22.4. The number of halogens is 2. The van der Waals surface area contributed by atoms with Crippen LogP contribution in [0, 0.1) is 24.2 Å². The third kappa shape index (κ3) is 5.12. The van der Waals surface area contributed by atoms with E-state index in [1.54, 1.807) is 6.92 Å². The molecule has 1 aliphatic rings. The molecule has 0 saturated carbocycles. The van der Waals surface area contributed by atoms with E-state index in [1.807, 2.05) is 6.07 Å². The molecule has 1 aromatic rings. The van der Waals surface area contributed by atoms with Gasteiger partial charge >= 0.3 is 11.3 Å². The second-order valence-corrected chi connectivity index (χ2v) is 8.12. The van der Waals surface area contributed by atoms with Crippen molar-refractivity contribution in [2.24, 2.45) is 17.4 Å². The highest BCUT2D eigenvalue weighted by atomic mass is 32.2. The zero-order valence-corrected chi connectivity index (χ0v) is 16.7. The molecule has 1 unspecified atom stereocenters. The van der Waals surface area contributed by atoms with Crippen LogP contribution in [-0.2, 0) is 10.8 Å². The summed E-state index contributed by atoms with van der Waals surface area (Å²) in [7, 11) is -2.56. The van der Waals surface area contributed by atoms with Crippen molar-refractivity contribution in [3.63, 3.8) is 0 Å². The van der Waals surface area contributed by atoms with Crippen molar-refractivity contribution >= 4 is 16.8 Å². The van der Waals surface area contributed by atoms with Crippen LogP contribution in [-0.4, -0.2) is 33.5 Å². The summed E-state index contributed by atoms with van der Waals surface area (Å²) in [6, 6.07) is 5.58. The minimum absolute atomic E-state index is 0.00981. The van der Waals surface area contributed by atoms with Crippen LogP contribution in [0.1, 0.15) is 24.0 Å². The third-order valence-corrected chi connectivity index (χ3v) is 6.40. The second kappa shape index (κ2) is 9.52. The number of nitrogens with two attached hydrogens (primary N) is 2. The van der Waals surface area contributed by atoms with Crippen LogP contribution in [0.15, 0.2) is 47.3 Å². The first-order chi connectivity index (χ1) is 13.7. The molecular weight excluding hydrogens is 400 g/mol. The summed E-state index contributed by atoms with van der Waals surface area (Å²) in [6.45, 7) is 1.75. The van der Waals surface area contributed by atoms with Crippen LogP contribution >= 0.6 is 0 Å². The highest BCUT2D eigenvalue weighted by molar-refractivity contribution is 7.86. The molecule has 0 radical (unpaired) electrons. The summed E-state index contributed by atoms with van der Waals surface area (Å²) in [5.74, 6) is -1.13. The number of nitriles is 1. The molecule has 156 valence electrons. The number of rotatable bonds is 5. The van der Waals surface area contributed by atoms with Gasteiger partial charge < -0.3 is 21.7 Å². The molecule has 0 bridgehead atoms. The van der Waals surface area contributed by atoms with Crippen LogP contribution in [0.3, 0.4) is 0 Å². The van der Waals surface area contributed by atoms with E-state index in [0.717, 1.165) is 0 Å². The predicted octanol–water partition coefficient (Wildman–Crippen LogP) is 2.26. The van der Waals surface area contributed by atoms with E-state index in [4.69, 9.17) is 16.7 Å². The molecule has 0 aliphatic carbocycles. The van der Waals surface area contributed by atoms with E-state index >= 15 is 0 Å². The van der Waals surface area contributed by atoms with Crippen molar-refractivity contribution in [2.45, 2.75) is 29.9 Å². The molecule has 2 amide bonds. The number of hydrogen-bond donors (Lipinski definition) is 3. The van der Waals surface area contributed by atoms with Gasteiger partial charge in [0.2, 0.25) is 0 Å². The van der Waals surface area contributed by atoms with E-state index in [9.17, 15) is 17.8 Å². The molecule has 29 heavy (non-hydrogen) atoms. The first-order valence-electron chi connectivity index (χ1n) is 8.91. The Morgan fingerprint density at radius 2 is 2.03 bits per heavy atom. The number of aryl methyl sites for hydroxylation is 1. The minimum Gasteiger partial charge on any atom is -0.405 e. The molecule has 0 spiro atoms. The Labute approximate surface area is 170 Å². The Morgan fingerprint density at radius 3 is 2.55 bits per heavy atom. The van der Waals surface area contributed by atoms with Crippen molar-refractivity contribution < 1.29 is 17.8 Å². The number of benzene rings is 1. The number of hydrogen-bond acceptors (Lipinski definition) is 5. The maximum Gasteiger partial charge on any atom is 0.328 e. The van der Waals surface area contributed by atoms with Gasteiger partial charge in [-0.2, -0.15) is 14.0 Å². The van der Waals surface area contributed by atoms with Gasteiger partial charge in [-0.15, -0.1) is 0 Å². The van der Waals surface area contributed by atoms with Crippen LogP contribution in [0.25, 0.3) is 0 Å². The Bertz CT molecular complexity index is 887. The lowest BCUT2D eigenvalue weighted by atomic mass is 9.97. The molecule has 2 rings (SSSR count). The standard InChI is InChI=1S/C19H23F2N5O2S/c1-13-10-14(11-23)2-3-17(13)29(28)19(20,21)15-5-8-26(9-6-15)18(27)25-16(12-24)4-7-22/h2-4,7,10,12,15H,5-6,8-9,22,24H2,1H3,(H,25,27)/b7-4-,16-12+. The van der Waals surface area contributed by atoms with E-state index in [1.165, 1.54) is 41.6 Å². The summed E-state index contributed by atoms with van der Waals surface area (Å²) in [6.07, 6.45) is 3.81. The van der Waals surface area contributed by atoms with Gasteiger partial charge in [0.25, 0.3) is 0 Å². The fraction of sp³-hybridized carbons (Fsp3) is 0.368. The van der Waals surface area contributed by atoms with Gasteiger partial charge in [-0.05, 0) is 55.8 Å². The molecular formula is C19H23F2N5O2S. The van der Waals surface area contributed by atoms with Crippen molar-refractivity contribution in [3.8, 4) is 6.07 Å². The fourth-order valence-corrected chi connectivity index (χ4v) is 4.46. The highest BCUT2D eigenvalue weighted by Gasteiger charge is 2.48. The van der Waals surface area contributed by atoms with Crippen LogP contribution < -0.4 is 16.8 Å². The smallest absolute Gasteiger partial charge is 0.328 e. The van der Waals surface area contributed by atoms with Gasteiger partial charge in [-0.1, -0.05) is 0 Å². The number of amides is 2. The normalized spacial score (nSPS) is 17.2. The van der Waals surface area contributed by atoms with Crippen LogP contribution in [0.2, 0.25) is 0 Å². The summed E-state index contributed by atoms with van der Waals surface area (Å²) in [4.78, 5) is 13.6.